The normalized spacial score (nSPS) is 15.4. The summed E-state index contributed by atoms with van der Waals surface area (Å²) in [6, 6.07) is -0.315. The molecule has 0 spiro atoms. The molecule has 0 saturated carbocycles. The molecule has 0 bridgehead atoms. The molecule has 1 aliphatic heterocycles. The fourth-order valence-electron chi connectivity index (χ4n) is 1.48. The molecule has 2 rings (SSSR count). The van der Waals surface area contributed by atoms with Crippen molar-refractivity contribution in [2.45, 2.75) is 6.54 Å². The van der Waals surface area contributed by atoms with E-state index in [9.17, 15) is 22.8 Å². The Hall–Kier alpha value is -2.25. The Morgan fingerprint density at radius 1 is 1.11 bits per heavy atom. The molecule has 18 heavy (non-hydrogen) atoms. The first kappa shape index (κ1) is 12.2. The van der Waals surface area contributed by atoms with E-state index in [0.29, 0.717) is 12.1 Å². The highest BCUT2D eigenvalue weighted by Crippen LogP contribution is 2.15. The van der Waals surface area contributed by atoms with Crippen LogP contribution in [0.25, 0.3) is 0 Å². The third-order valence-electron chi connectivity index (χ3n) is 2.39. The zero-order valence-electron chi connectivity index (χ0n) is 8.97. The van der Waals surface area contributed by atoms with Crippen LogP contribution in [-0.2, 0) is 6.54 Å². The summed E-state index contributed by atoms with van der Waals surface area (Å²) in [5.41, 5.74) is -0.180. The first-order chi connectivity index (χ1) is 8.47. The molecule has 1 fully saturated rings. The Morgan fingerprint density at radius 2 is 1.78 bits per heavy atom. The molecular formula is C10H8F3N3O2. The largest absolute Gasteiger partial charge is 0.327 e. The van der Waals surface area contributed by atoms with E-state index in [1.54, 1.807) is 0 Å². The zero-order chi connectivity index (χ0) is 13.3. The quantitative estimate of drug-likeness (QED) is 0.786. The minimum Gasteiger partial charge on any atom is -0.320 e. The van der Waals surface area contributed by atoms with E-state index >= 15 is 0 Å². The van der Waals surface area contributed by atoms with Gasteiger partial charge in [-0.25, -0.2) is 22.8 Å². The van der Waals surface area contributed by atoms with Crippen LogP contribution in [-0.4, -0.2) is 23.6 Å². The van der Waals surface area contributed by atoms with Crippen molar-refractivity contribution >= 4 is 12.1 Å². The third kappa shape index (κ3) is 2.36. The van der Waals surface area contributed by atoms with E-state index in [4.69, 9.17) is 0 Å². The number of nitrogens with zero attached hydrogens (tertiary/aromatic N) is 1. The summed E-state index contributed by atoms with van der Waals surface area (Å²) < 4.78 is 39.0. The molecule has 0 aliphatic carbocycles. The highest BCUT2D eigenvalue weighted by Gasteiger charge is 2.23. The van der Waals surface area contributed by atoms with Crippen LogP contribution in [0, 0.1) is 17.5 Å². The summed E-state index contributed by atoms with van der Waals surface area (Å²) >= 11 is 0. The number of amides is 4. The van der Waals surface area contributed by atoms with Crippen molar-refractivity contribution in [2.24, 2.45) is 0 Å². The monoisotopic (exact) mass is 259 g/mol. The summed E-state index contributed by atoms with van der Waals surface area (Å²) in [5, 5.41) is 4.23. The topological polar surface area (TPSA) is 61.4 Å². The average molecular weight is 259 g/mol. The third-order valence-corrected chi connectivity index (χ3v) is 2.39. The van der Waals surface area contributed by atoms with E-state index in [-0.39, 0.29) is 18.8 Å². The zero-order valence-corrected chi connectivity index (χ0v) is 8.97. The van der Waals surface area contributed by atoms with Crippen molar-refractivity contribution in [1.29, 1.82) is 0 Å². The first-order valence-electron chi connectivity index (χ1n) is 4.94. The van der Waals surface area contributed by atoms with Gasteiger partial charge in [0.05, 0.1) is 13.2 Å². The Bertz CT molecular complexity index is 521. The van der Waals surface area contributed by atoms with E-state index in [0.717, 1.165) is 4.90 Å². The number of halogens is 3. The molecule has 4 amide bonds. The van der Waals surface area contributed by atoms with Crippen LogP contribution < -0.4 is 10.6 Å². The predicted molar refractivity (Wildman–Crippen MR) is 53.8 cm³/mol. The van der Waals surface area contributed by atoms with E-state index in [2.05, 4.69) is 5.32 Å². The maximum Gasteiger partial charge on any atom is 0.327 e. The molecule has 2 N–H and O–H groups in total. The molecule has 0 radical (unpaired) electrons. The molecule has 1 aromatic rings. The lowest BCUT2D eigenvalue weighted by Crippen LogP contribution is -2.56. The van der Waals surface area contributed by atoms with Crippen LogP contribution in [0.4, 0.5) is 22.8 Å². The highest BCUT2D eigenvalue weighted by atomic mass is 19.2. The number of imide groups is 1. The van der Waals surface area contributed by atoms with Gasteiger partial charge in [-0.15, -0.1) is 0 Å². The maximum atomic E-state index is 13.3. The summed E-state index contributed by atoms with van der Waals surface area (Å²) in [6.45, 7) is -0.418. The van der Waals surface area contributed by atoms with Crippen LogP contribution in [0.1, 0.15) is 5.56 Å². The Kier molecular flexibility index (Phi) is 3.09. The van der Waals surface area contributed by atoms with Crippen molar-refractivity contribution in [3.63, 3.8) is 0 Å². The van der Waals surface area contributed by atoms with Gasteiger partial charge in [0.1, 0.15) is 5.82 Å². The molecule has 5 nitrogen and oxygen atoms in total. The van der Waals surface area contributed by atoms with E-state index in [1.165, 1.54) is 0 Å². The summed E-state index contributed by atoms with van der Waals surface area (Å²) in [5.74, 6) is -3.46. The smallest absolute Gasteiger partial charge is 0.320 e. The van der Waals surface area contributed by atoms with Gasteiger partial charge in [0.25, 0.3) is 0 Å². The molecule has 1 aromatic carbocycles. The molecule has 0 atom stereocenters. The fourth-order valence-corrected chi connectivity index (χ4v) is 1.48. The summed E-state index contributed by atoms with van der Waals surface area (Å²) in [6.07, 6.45) is 0. The highest BCUT2D eigenvalue weighted by molar-refractivity contribution is 5.95. The fraction of sp³-hybridized carbons (Fsp3) is 0.200. The first-order valence-corrected chi connectivity index (χ1v) is 4.94. The van der Waals surface area contributed by atoms with Crippen molar-refractivity contribution in [2.75, 3.05) is 6.67 Å². The van der Waals surface area contributed by atoms with Crippen molar-refractivity contribution in [3.05, 3.63) is 35.1 Å². The van der Waals surface area contributed by atoms with Gasteiger partial charge in [0.2, 0.25) is 0 Å². The maximum absolute atomic E-state index is 13.3. The molecule has 1 heterocycles. The number of benzene rings is 1. The molecule has 0 unspecified atom stereocenters. The number of hydrogen-bond donors (Lipinski definition) is 2. The van der Waals surface area contributed by atoms with Crippen LogP contribution in [0.5, 0.6) is 0 Å². The minimum atomic E-state index is -1.30. The lowest BCUT2D eigenvalue weighted by molar-refractivity contribution is 0.173. The number of rotatable bonds is 2. The minimum absolute atomic E-state index is 0.136. The van der Waals surface area contributed by atoms with Gasteiger partial charge in [-0.2, -0.15) is 0 Å². The standard InChI is InChI=1S/C10H8F3N3O2/c11-6-2-8(13)7(12)1-5(6)3-16-4-14-9(17)15-10(16)18/h1-2H,3-4H2,(H2,14,15,17,18). The van der Waals surface area contributed by atoms with Crippen LogP contribution in [0.3, 0.4) is 0 Å². The molecule has 8 heteroatoms. The van der Waals surface area contributed by atoms with Gasteiger partial charge in [0, 0.05) is 11.6 Å². The van der Waals surface area contributed by atoms with Gasteiger partial charge in [-0.1, -0.05) is 0 Å². The Morgan fingerprint density at radius 3 is 2.44 bits per heavy atom. The van der Waals surface area contributed by atoms with Crippen molar-refractivity contribution in [1.82, 2.24) is 15.5 Å². The van der Waals surface area contributed by atoms with Gasteiger partial charge in [0.15, 0.2) is 11.6 Å². The average Bonchev–Trinajstić information content (AvgIpc) is 2.29. The molecule has 1 aliphatic rings. The van der Waals surface area contributed by atoms with Gasteiger partial charge >= 0.3 is 12.1 Å². The van der Waals surface area contributed by atoms with Crippen molar-refractivity contribution in [3.8, 4) is 0 Å². The number of nitrogens with one attached hydrogen (secondary N) is 2. The second kappa shape index (κ2) is 4.55. The number of hydrogen-bond acceptors (Lipinski definition) is 2. The number of carbonyl (C=O) groups excluding carboxylic acids is 2. The summed E-state index contributed by atoms with van der Waals surface area (Å²) in [4.78, 5) is 23.2. The van der Waals surface area contributed by atoms with Crippen molar-refractivity contribution < 1.29 is 22.8 Å². The number of carbonyl (C=O) groups is 2. The Labute approximate surface area is 99.6 Å². The second-order valence-electron chi connectivity index (χ2n) is 3.65. The summed E-state index contributed by atoms with van der Waals surface area (Å²) in [7, 11) is 0. The molecule has 0 aromatic heterocycles. The predicted octanol–water partition coefficient (Wildman–Crippen LogP) is 1.30. The molecular weight excluding hydrogens is 251 g/mol. The van der Waals surface area contributed by atoms with E-state index in [1.807, 2.05) is 5.32 Å². The SMILES string of the molecule is O=C1NCN(Cc2cc(F)c(F)cc2F)C(=O)N1. The van der Waals surface area contributed by atoms with Crippen LogP contribution in [0.15, 0.2) is 12.1 Å². The number of urea groups is 2. The van der Waals surface area contributed by atoms with Gasteiger partial charge < -0.3 is 10.2 Å². The molecule has 1 saturated heterocycles. The molecule has 96 valence electrons. The van der Waals surface area contributed by atoms with Crippen LogP contribution >= 0.6 is 0 Å². The lowest BCUT2D eigenvalue weighted by Gasteiger charge is -2.27. The van der Waals surface area contributed by atoms with Crippen LogP contribution in [0.2, 0.25) is 0 Å². The van der Waals surface area contributed by atoms with E-state index < -0.39 is 29.5 Å². The van der Waals surface area contributed by atoms with Gasteiger partial charge in [-0.05, 0) is 6.07 Å². The second-order valence-corrected chi connectivity index (χ2v) is 3.65. The van der Waals surface area contributed by atoms with Gasteiger partial charge in [-0.3, -0.25) is 5.32 Å². The lowest BCUT2D eigenvalue weighted by atomic mass is 10.2. The Balaban J connectivity index is 2.17.